The Morgan fingerprint density at radius 1 is 0.844 bits per heavy atom. The van der Waals surface area contributed by atoms with Crippen molar-refractivity contribution in [3.05, 3.63) is 119 Å². The molecule has 4 aromatic carbocycles. The molecule has 0 spiro atoms. The standard InChI is InChI=1S/C29H25ClF4N4O5S2/c1-37(2)45(42,43)38(27-6-4-3-5-26(27)31)18-19-7-9-20(10-8-19)28(39)35-21-11-14-23(15-12-21)44(40,41)36-22-13-16-25(30)24(17-22)29(32,33)34/h3-17,36H,18H2,1-2H3,(H,35,39). The first-order chi connectivity index (χ1) is 21.0. The summed E-state index contributed by atoms with van der Waals surface area (Å²) in [5.41, 5.74) is -0.816. The number of alkyl halides is 3. The van der Waals surface area contributed by atoms with Gasteiger partial charge in [-0.15, -0.1) is 0 Å². The summed E-state index contributed by atoms with van der Waals surface area (Å²) in [4.78, 5) is 12.5. The molecule has 0 aliphatic rings. The van der Waals surface area contributed by atoms with Gasteiger partial charge >= 0.3 is 16.4 Å². The van der Waals surface area contributed by atoms with E-state index in [0.717, 1.165) is 38.9 Å². The molecule has 4 rings (SSSR count). The first-order valence-electron chi connectivity index (χ1n) is 12.8. The van der Waals surface area contributed by atoms with Crippen LogP contribution in [0.5, 0.6) is 0 Å². The van der Waals surface area contributed by atoms with Gasteiger partial charge in [0.2, 0.25) is 0 Å². The molecule has 2 N–H and O–H groups in total. The first kappa shape index (κ1) is 33.7. The number of carbonyl (C=O) groups is 1. The van der Waals surface area contributed by atoms with Crippen LogP contribution in [0.3, 0.4) is 0 Å². The monoisotopic (exact) mass is 684 g/mol. The third kappa shape index (κ3) is 7.92. The summed E-state index contributed by atoms with van der Waals surface area (Å²) >= 11 is 5.59. The number of halogens is 5. The second kappa shape index (κ2) is 13.0. The van der Waals surface area contributed by atoms with Gasteiger partial charge in [0.25, 0.3) is 15.9 Å². The van der Waals surface area contributed by atoms with Crippen molar-refractivity contribution in [1.82, 2.24) is 4.31 Å². The molecule has 9 nitrogen and oxygen atoms in total. The van der Waals surface area contributed by atoms with Crippen molar-refractivity contribution in [2.45, 2.75) is 17.6 Å². The summed E-state index contributed by atoms with van der Waals surface area (Å²) in [5, 5.41) is 2.01. The van der Waals surface area contributed by atoms with E-state index in [4.69, 9.17) is 11.6 Å². The summed E-state index contributed by atoms with van der Waals surface area (Å²) in [6.45, 7) is -0.221. The van der Waals surface area contributed by atoms with E-state index in [0.29, 0.717) is 11.6 Å². The highest BCUT2D eigenvalue weighted by Gasteiger charge is 2.34. The van der Waals surface area contributed by atoms with Crippen LogP contribution in [0.25, 0.3) is 0 Å². The smallest absolute Gasteiger partial charge is 0.322 e. The Kier molecular flexibility index (Phi) is 9.77. The lowest BCUT2D eigenvalue weighted by Gasteiger charge is -2.27. The molecule has 0 unspecified atom stereocenters. The van der Waals surface area contributed by atoms with Gasteiger partial charge in [-0.05, 0) is 72.3 Å². The molecule has 16 heteroatoms. The Balaban J connectivity index is 1.45. The number of hydrogen-bond acceptors (Lipinski definition) is 5. The van der Waals surface area contributed by atoms with Gasteiger partial charge in [0.05, 0.1) is 27.7 Å². The molecule has 0 atom stereocenters. The van der Waals surface area contributed by atoms with Crippen molar-refractivity contribution in [3.8, 4) is 0 Å². The number of carbonyl (C=O) groups excluding carboxylic acids is 1. The van der Waals surface area contributed by atoms with Crippen LogP contribution in [0.1, 0.15) is 21.5 Å². The zero-order chi connectivity index (χ0) is 33.2. The average Bonchev–Trinajstić information content (AvgIpc) is 2.97. The van der Waals surface area contributed by atoms with Gasteiger partial charge in [0.15, 0.2) is 0 Å². The topological polar surface area (TPSA) is 116 Å². The Bertz CT molecular complexity index is 1920. The molecular weight excluding hydrogens is 660 g/mol. The Labute approximate surface area is 262 Å². The van der Waals surface area contributed by atoms with E-state index in [1.54, 1.807) is 0 Å². The maximum Gasteiger partial charge on any atom is 0.417 e. The maximum absolute atomic E-state index is 14.5. The lowest BCUT2D eigenvalue weighted by molar-refractivity contribution is -0.137. The van der Waals surface area contributed by atoms with Gasteiger partial charge < -0.3 is 5.32 Å². The Morgan fingerprint density at radius 2 is 1.44 bits per heavy atom. The van der Waals surface area contributed by atoms with Crippen LogP contribution in [-0.4, -0.2) is 41.1 Å². The van der Waals surface area contributed by atoms with Crippen LogP contribution in [0.2, 0.25) is 5.02 Å². The van der Waals surface area contributed by atoms with E-state index in [1.807, 2.05) is 0 Å². The van der Waals surface area contributed by atoms with E-state index in [-0.39, 0.29) is 34.1 Å². The minimum Gasteiger partial charge on any atom is -0.322 e. The number of para-hydroxylation sites is 1. The van der Waals surface area contributed by atoms with Crippen molar-refractivity contribution in [2.75, 3.05) is 28.4 Å². The number of nitrogens with zero attached hydrogens (tertiary/aromatic N) is 2. The van der Waals surface area contributed by atoms with Crippen molar-refractivity contribution >= 4 is 54.8 Å². The SMILES string of the molecule is CN(C)S(=O)(=O)N(Cc1ccc(C(=O)Nc2ccc(S(=O)(=O)Nc3ccc(Cl)c(C(F)(F)F)c3)cc2)cc1)c1ccccc1F. The van der Waals surface area contributed by atoms with Crippen LogP contribution in [0, 0.1) is 5.82 Å². The van der Waals surface area contributed by atoms with Gasteiger partial charge in [-0.1, -0.05) is 35.9 Å². The Hall–Kier alpha value is -4.18. The number of sulfonamides is 1. The molecular formula is C29H25ClF4N4O5S2. The van der Waals surface area contributed by atoms with E-state index in [1.165, 1.54) is 68.7 Å². The van der Waals surface area contributed by atoms with Crippen LogP contribution in [0.15, 0.2) is 95.9 Å². The molecule has 0 radical (unpaired) electrons. The van der Waals surface area contributed by atoms with Crippen LogP contribution >= 0.6 is 11.6 Å². The van der Waals surface area contributed by atoms with Crippen LogP contribution < -0.4 is 14.3 Å². The average molecular weight is 685 g/mol. The lowest BCUT2D eigenvalue weighted by Crippen LogP contribution is -2.40. The van der Waals surface area contributed by atoms with E-state index in [9.17, 15) is 39.2 Å². The molecule has 0 aromatic heterocycles. The second-order valence-electron chi connectivity index (χ2n) is 9.72. The number of hydrogen-bond donors (Lipinski definition) is 2. The van der Waals surface area contributed by atoms with Gasteiger partial charge in [-0.25, -0.2) is 12.8 Å². The van der Waals surface area contributed by atoms with Crippen molar-refractivity contribution < 1.29 is 39.2 Å². The Morgan fingerprint density at radius 3 is 2.02 bits per heavy atom. The summed E-state index contributed by atoms with van der Waals surface area (Å²) in [6, 6.07) is 18.8. The highest BCUT2D eigenvalue weighted by atomic mass is 35.5. The minimum absolute atomic E-state index is 0.145. The van der Waals surface area contributed by atoms with Crippen molar-refractivity contribution in [3.63, 3.8) is 0 Å². The lowest BCUT2D eigenvalue weighted by atomic mass is 10.1. The number of amides is 1. The second-order valence-corrected chi connectivity index (χ2v) is 13.9. The molecule has 0 aliphatic carbocycles. The van der Waals surface area contributed by atoms with E-state index >= 15 is 0 Å². The molecule has 0 heterocycles. The highest BCUT2D eigenvalue weighted by molar-refractivity contribution is 7.92. The third-order valence-corrected chi connectivity index (χ3v) is 9.88. The van der Waals surface area contributed by atoms with Crippen LogP contribution in [0.4, 0.5) is 34.6 Å². The molecule has 0 aliphatic heterocycles. The molecule has 0 fully saturated rings. The fourth-order valence-corrected chi connectivity index (χ4v) is 6.39. The molecule has 0 saturated carbocycles. The molecule has 45 heavy (non-hydrogen) atoms. The fraction of sp³-hybridized carbons (Fsp3) is 0.138. The normalized spacial score (nSPS) is 12.2. The first-order valence-corrected chi connectivity index (χ1v) is 16.1. The third-order valence-electron chi connectivity index (χ3n) is 6.35. The maximum atomic E-state index is 14.5. The molecule has 4 aromatic rings. The fourth-order valence-electron chi connectivity index (χ4n) is 4.01. The van der Waals surface area contributed by atoms with E-state index in [2.05, 4.69) is 10.0 Å². The van der Waals surface area contributed by atoms with Crippen molar-refractivity contribution in [2.24, 2.45) is 0 Å². The van der Waals surface area contributed by atoms with Crippen molar-refractivity contribution in [1.29, 1.82) is 0 Å². The zero-order valence-corrected chi connectivity index (χ0v) is 25.9. The number of rotatable bonds is 10. The molecule has 0 bridgehead atoms. The van der Waals surface area contributed by atoms with E-state index < -0.39 is 48.7 Å². The number of nitrogens with one attached hydrogen (secondary N) is 2. The molecule has 238 valence electrons. The number of anilines is 3. The molecule has 0 saturated heterocycles. The van der Waals surface area contributed by atoms with Crippen LogP contribution in [-0.2, 0) is 33.0 Å². The molecule has 1 amide bonds. The highest BCUT2D eigenvalue weighted by Crippen LogP contribution is 2.36. The predicted octanol–water partition coefficient (Wildman–Crippen LogP) is 6.36. The van der Waals surface area contributed by atoms with Gasteiger partial charge in [0.1, 0.15) is 5.82 Å². The summed E-state index contributed by atoms with van der Waals surface area (Å²) in [6.07, 6.45) is -4.78. The summed E-state index contributed by atoms with van der Waals surface area (Å²) in [5.74, 6) is -1.29. The quantitative estimate of drug-likeness (QED) is 0.189. The predicted molar refractivity (Wildman–Crippen MR) is 163 cm³/mol. The largest absolute Gasteiger partial charge is 0.417 e. The summed E-state index contributed by atoms with van der Waals surface area (Å²) < 4.78 is 109. The van der Waals surface area contributed by atoms with Gasteiger partial charge in [-0.3, -0.25) is 13.8 Å². The summed E-state index contributed by atoms with van der Waals surface area (Å²) in [7, 11) is -5.72. The number of benzene rings is 4. The minimum atomic E-state index is -4.78. The van der Waals surface area contributed by atoms with Gasteiger partial charge in [0, 0.05) is 31.0 Å². The van der Waals surface area contributed by atoms with Gasteiger partial charge in [-0.2, -0.15) is 25.9 Å². The zero-order valence-electron chi connectivity index (χ0n) is 23.5.